The average Bonchev–Trinajstić information content (AvgIpc) is 3.00. The Morgan fingerprint density at radius 1 is 1.11 bits per heavy atom. The Morgan fingerprint density at radius 2 is 1.85 bits per heavy atom. The molecule has 2 fully saturated rings. The van der Waals surface area contributed by atoms with Crippen LogP contribution in [-0.4, -0.2) is 66.9 Å². The minimum absolute atomic E-state index is 0.476. The highest BCUT2D eigenvalue weighted by molar-refractivity contribution is 5.37. The van der Waals surface area contributed by atoms with E-state index < -0.39 is 5.60 Å². The molecule has 1 spiro atoms. The van der Waals surface area contributed by atoms with E-state index >= 15 is 0 Å². The van der Waals surface area contributed by atoms with Gasteiger partial charge in [0.2, 0.25) is 0 Å². The van der Waals surface area contributed by atoms with E-state index in [9.17, 15) is 5.11 Å². The molecule has 1 aromatic carbocycles. The van der Waals surface area contributed by atoms with Crippen LogP contribution in [0.15, 0.2) is 24.3 Å². The molecule has 2 saturated heterocycles. The van der Waals surface area contributed by atoms with Crippen molar-refractivity contribution in [2.75, 3.05) is 46.4 Å². The fourth-order valence-corrected chi connectivity index (χ4v) is 4.39. The molecule has 27 heavy (non-hydrogen) atoms. The zero-order chi connectivity index (χ0) is 19.3. The highest BCUT2D eigenvalue weighted by Gasteiger charge is 2.40. The third-order valence-electron chi connectivity index (χ3n) is 5.74. The van der Waals surface area contributed by atoms with Crippen LogP contribution in [0.25, 0.3) is 0 Å². The summed E-state index contributed by atoms with van der Waals surface area (Å²) in [6.07, 6.45) is 3.98. The minimum atomic E-state index is -0.945. The van der Waals surface area contributed by atoms with E-state index in [1.807, 2.05) is 0 Å². The number of hydrogen-bond acceptors (Lipinski definition) is 4. The summed E-state index contributed by atoms with van der Waals surface area (Å²) in [7, 11) is 1.79. The maximum absolute atomic E-state index is 9.72. The quantitative estimate of drug-likeness (QED) is 0.809. The van der Waals surface area contributed by atoms with E-state index in [1.54, 1.807) is 21.0 Å². The molecular weight excluding hydrogens is 336 g/mol. The number of rotatable bonds is 5. The van der Waals surface area contributed by atoms with E-state index in [-0.39, 0.29) is 0 Å². The molecule has 0 aromatic heterocycles. The first-order chi connectivity index (χ1) is 12.9. The van der Waals surface area contributed by atoms with E-state index in [0.29, 0.717) is 5.41 Å². The molecule has 0 bridgehead atoms. The largest absolute Gasteiger partial charge is 0.383 e. The molecule has 0 radical (unpaired) electrons. The molecule has 2 aliphatic rings. The fourth-order valence-electron chi connectivity index (χ4n) is 4.39. The predicted octanol–water partition coefficient (Wildman–Crippen LogP) is 2.74. The minimum Gasteiger partial charge on any atom is -0.383 e. The Labute approximate surface area is 164 Å². The summed E-state index contributed by atoms with van der Waals surface area (Å²) >= 11 is 0. The van der Waals surface area contributed by atoms with Gasteiger partial charge >= 0.3 is 0 Å². The van der Waals surface area contributed by atoms with E-state index in [1.165, 1.54) is 51.0 Å². The molecule has 4 nitrogen and oxygen atoms in total. The number of ether oxygens (including phenoxy) is 1. The van der Waals surface area contributed by atoms with Gasteiger partial charge in [-0.25, -0.2) is 0 Å². The van der Waals surface area contributed by atoms with Crippen molar-refractivity contribution >= 4 is 0 Å². The Balaban J connectivity index is 1.54. The smallest absolute Gasteiger partial charge is 0.120 e. The van der Waals surface area contributed by atoms with Gasteiger partial charge in [0, 0.05) is 38.9 Å². The lowest BCUT2D eigenvalue weighted by Crippen LogP contribution is -2.45. The summed E-state index contributed by atoms with van der Waals surface area (Å²) in [6, 6.07) is 8.47. The lowest BCUT2D eigenvalue weighted by molar-refractivity contribution is 0.0673. The highest BCUT2D eigenvalue weighted by Crippen LogP contribution is 2.39. The van der Waals surface area contributed by atoms with Crippen LogP contribution in [0.3, 0.4) is 0 Å². The SMILES string of the molecule is COCCN1CCC[C@@]2(CCN(Cc3ccc(C#CC(C)(C)O)cc3)C2)C1. The Morgan fingerprint density at radius 3 is 2.56 bits per heavy atom. The molecule has 0 unspecified atom stereocenters. The number of piperidine rings is 1. The molecule has 0 saturated carbocycles. The molecule has 1 N–H and O–H groups in total. The third-order valence-corrected chi connectivity index (χ3v) is 5.74. The fraction of sp³-hybridized carbons (Fsp3) is 0.652. The van der Waals surface area contributed by atoms with Crippen LogP contribution in [0.1, 0.15) is 44.2 Å². The number of aliphatic hydroxyl groups is 1. The van der Waals surface area contributed by atoms with Gasteiger partial charge in [-0.3, -0.25) is 4.90 Å². The molecule has 0 amide bonds. The van der Waals surface area contributed by atoms with Crippen molar-refractivity contribution in [2.45, 2.75) is 45.3 Å². The molecule has 1 aromatic rings. The molecule has 2 heterocycles. The standard InChI is InChI=1S/C23H34N2O2/c1-22(2,26)11-9-20-5-7-21(8-6-20)17-25-14-12-23(19-25)10-4-13-24(18-23)15-16-27-3/h5-8,26H,4,10,12-19H2,1-3H3/t23-/m1/s1. The zero-order valence-electron chi connectivity index (χ0n) is 17.1. The van der Waals surface area contributed by atoms with Crippen molar-refractivity contribution < 1.29 is 9.84 Å². The van der Waals surface area contributed by atoms with E-state index in [0.717, 1.165) is 25.3 Å². The van der Waals surface area contributed by atoms with Gasteiger partial charge in [-0.1, -0.05) is 24.0 Å². The second kappa shape index (κ2) is 8.75. The summed E-state index contributed by atoms with van der Waals surface area (Å²) in [5.41, 5.74) is 1.83. The summed E-state index contributed by atoms with van der Waals surface area (Å²) in [5, 5.41) is 9.72. The molecule has 4 heteroatoms. The van der Waals surface area contributed by atoms with Gasteiger partial charge < -0.3 is 14.7 Å². The normalized spacial score (nSPS) is 24.1. The molecular formula is C23H34N2O2. The van der Waals surface area contributed by atoms with Gasteiger partial charge in [0.1, 0.15) is 5.60 Å². The Bertz CT molecular complexity index is 668. The first-order valence-electron chi connectivity index (χ1n) is 10.2. The van der Waals surface area contributed by atoms with Crippen LogP contribution in [-0.2, 0) is 11.3 Å². The molecule has 148 valence electrons. The zero-order valence-corrected chi connectivity index (χ0v) is 17.1. The number of likely N-dealkylation sites (tertiary alicyclic amines) is 2. The average molecular weight is 371 g/mol. The predicted molar refractivity (Wildman–Crippen MR) is 109 cm³/mol. The number of nitrogens with zero attached hydrogens (tertiary/aromatic N) is 2. The van der Waals surface area contributed by atoms with Crippen molar-refractivity contribution in [3.8, 4) is 11.8 Å². The number of benzene rings is 1. The highest BCUT2D eigenvalue weighted by atomic mass is 16.5. The van der Waals surface area contributed by atoms with Gasteiger partial charge in [0.25, 0.3) is 0 Å². The van der Waals surface area contributed by atoms with Crippen molar-refractivity contribution in [1.82, 2.24) is 9.80 Å². The van der Waals surface area contributed by atoms with Crippen LogP contribution in [0.2, 0.25) is 0 Å². The van der Waals surface area contributed by atoms with Crippen molar-refractivity contribution in [3.05, 3.63) is 35.4 Å². The second-order valence-electron chi connectivity index (χ2n) is 8.84. The molecule has 2 aliphatic heterocycles. The summed E-state index contributed by atoms with van der Waals surface area (Å²) in [4.78, 5) is 5.20. The van der Waals surface area contributed by atoms with Crippen molar-refractivity contribution in [2.24, 2.45) is 5.41 Å². The Kier molecular flexibility index (Phi) is 6.60. The lowest BCUT2D eigenvalue weighted by atomic mass is 9.79. The molecule has 3 rings (SSSR count). The first kappa shape index (κ1) is 20.4. The Hall–Kier alpha value is -1.38. The maximum atomic E-state index is 9.72. The van der Waals surface area contributed by atoms with Gasteiger partial charge in [-0.05, 0) is 69.3 Å². The van der Waals surface area contributed by atoms with Gasteiger partial charge in [-0.15, -0.1) is 0 Å². The molecule has 0 aliphatic carbocycles. The van der Waals surface area contributed by atoms with Crippen molar-refractivity contribution in [1.29, 1.82) is 0 Å². The lowest BCUT2D eigenvalue weighted by Gasteiger charge is -2.40. The summed E-state index contributed by atoms with van der Waals surface area (Å²) < 4.78 is 5.27. The van der Waals surface area contributed by atoms with Crippen LogP contribution >= 0.6 is 0 Å². The van der Waals surface area contributed by atoms with Crippen molar-refractivity contribution in [3.63, 3.8) is 0 Å². The maximum Gasteiger partial charge on any atom is 0.120 e. The van der Waals surface area contributed by atoms with Gasteiger partial charge in [-0.2, -0.15) is 0 Å². The first-order valence-corrected chi connectivity index (χ1v) is 10.2. The van der Waals surface area contributed by atoms with E-state index in [2.05, 4.69) is 45.9 Å². The topological polar surface area (TPSA) is 35.9 Å². The van der Waals surface area contributed by atoms with Crippen LogP contribution in [0, 0.1) is 17.3 Å². The summed E-state index contributed by atoms with van der Waals surface area (Å²) in [6.45, 7) is 11.2. The van der Waals surface area contributed by atoms with Crippen LogP contribution < -0.4 is 0 Å². The van der Waals surface area contributed by atoms with Gasteiger partial charge in [0.15, 0.2) is 0 Å². The second-order valence-corrected chi connectivity index (χ2v) is 8.84. The third kappa shape index (κ3) is 6.05. The van der Waals surface area contributed by atoms with Crippen LogP contribution in [0.5, 0.6) is 0 Å². The summed E-state index contributed by atoms with van der Waals surface area (Å²) in [5.74, 6) is 5.91. The van der Waals surface area contributed by atoms with Gasteiger partial charge in [0.05, 0.1) is 6.61 Å². The molecule has 1 atom stereocenters. The monoisotopic (exact) mass is 370 g/mol. The van der Waals surface area contributed by atoms with E-state index in [4.69, 9.17) is 4.74 Å². The number of hydrogen-bond donors (Lipinski definition) is 1. The number of methoxy groups -OCH3 is 1. The van der Waals surface area contributed by atoms with Crippen LogP contribution in [0.4, 0.5) is 0 Å².